The molecule has 2 aromatic rings. The fourth-order valence-electron chi connectivity index (χ4n) is 1.61. The maximum Gasteiger partial charge on any atom is 0.216 e. The van der Waals surface area contributed by atoms with Gasteiger partial charge >= 0.3 is 0 Å². The average Bonchev–Trinajstić information content (AvgIpc) is 2.40. The summed E-state index contributed by atoms with van der Waals surface area (Å²) in [5, 5.41) is -0.168. The van der Waals surface area contributed by atoms with Crippen LogP contribution >= 0.6 is 36.4 Å². The summed E-state index contributed by atoms with van der Waals surface area (Å²) in [6.07, 6.45) is 0. The van der Waals surface area contributed by atoms with E-state index in [0.717, 1.165) is 16.7 Å². The van der Waals surface area contributed by atoms with Crippen molar-refractivity contribution in [3.8, 4) is 0 Å². The molecule has 1 nitrogen and oxygen atoms in total. The van der Waals surface area contributed by atoms with Crippen LogP contribution in [0.4, 0.5) is 0 Å². The van der Waals surface area contributed by atoms with Gasteiger partial charge in [0.1, 0.15) is 4.32 Å². The average molecular weight is 323 g/mol. The lowest BCUT2D eigenvalue weighted by molar-refractivity contribution is 0.109. The van der Waals surface area contributed by atoms with Crippen LogP contribution in [0.5, 0.6) is 0 Å². The number of carbonyl (C=O) groups is 1. The third-order valence-electron chi connectivity index (χ3n) is 2.73. The van der Waals surface area contributed by atoms with Gasteiger partial charge in [-0.2, -0.15) is 0 Å². The van der Waals surface area contributed by atoms with Crippen molar-refractivity contribution in [3.05, 3.63) is 70.8 Å². The largest absolute Gasteiger partial charge is 0.282 e. The van der Waals surface area contributed by atoms with E-state index in [-0.39, 0.29) is 5.12 Å². The van der Waals surface area contributed by atoms with E-state index in [0.29, 0.717) is 9.89 Å². The second-order valence-corrected chi connectivity index (χ2v) is 5.63. The third kappa shape index (κ3) is 5.08. The van der Waals surface area contributed by atoms with Gasteiger partial charge in [-0.05, 0) is 25.0 Å². The molecule has 0 N–H and O–H groups in total. The zero-order chi connectivity index (χ0) is 15.1. The van der Waals surface area contributed by atoms with Crippen LogP contribution in [0.2, 0.25) is 0 Å². The van der Waals surface area contributed by atoms with Gasteiger partial charge in [-0.1, -0.05) is 72.3 Å². The van der Waals surface area contributed by atoms with Gasteiger partial charge in [-0.15, -0.1) is 12.6 Å². The molecule has 0 aromatic heterocycles. The van der Waals surface area contributed by atoms with E-state index in [1.54, 1.807) is 6.07 Å². The molecule has 0 heterocycles. The van der Waals surface area contributed by atoms with Gasteiger partial charge in [0.15, 0.2) is 0 Å². The quantitative estimate of drug-likeness (QED) is 0.477. The highest BCUT2D eigenvalue weighted by Gasteiger charge is 2.00. The monoisotopic (exact) mass is 322 g/mol. The number of rotatable bonds is 2. The minimum atomic E-state index is -0.168. The summed E-state index contributed by atoms with van der Waals surface area (Å²) in [7, 11) is 0. The Hall–Kier alpha value is -1.16. The fraction of sp³-hybridized carbons (Fsp3) is 0.125. The molecular weight excluding hydrogens is 308 g/mol. The standard InChI is InChI=1S/C8H7ClS.C8H8OS/c2*1-6-4-2-3-5-7(6)8(9)10/h2-5H,1H3;2-5H,1H3,(H,9,10). The lowest BCUT2D eigenvalue weighted by Crippen LogP contribution is -1.91. The van der Waals surface area contributed by atoms with Crippen LogP contribution < -0.4 is 0 Å². The Morgan fingerprint density at radius 2 is 1.35 bits per heavy atom. The van der Waals surface area contributed by atoms with Gasteiger partial charge in [-0.3, -0.25) is 4.79 Å². The van der Waals surface area contributed by atoms with E-state index in [4.69, 9.17) is 23.8 Å². The Morgan fingerprint density at radius 1 is 0.950 bits per heavy atom. The molecule has 4 heteroatoms. The summed E-state index contributed by atoms with van der Waals surface area (Å²) < 4.78 is 0.443. The van der Waals surface area contributed by atoms with Crippen LogP contribution in [-0.4, -0.2) is 9.44 Å². The lowest BCUT2D eigenvalue weighted by atomic mass is 10.1. The Bertz CT molecular complexity index is 568. The van der Waals surface area contributed by atoms with E-state index in [1.165, 1.54) is 0 Å². The Kier molecular flexibility index (Phi) is 6.93. The van der Waals surface area contributed by atoms with Crippen LogP contribution in [0.1, 0.15) is 27.0 Å². The summed E-state index contributed by atoms with van der Waals surface area (Å²) in [5.74, 6) is 0. The van der Waals surface area contributed by atoms with Crippen LogP contribution in [0.3, 0.4) is 0 Å². The number of hydrogen-bond donors (Lipinski definition) is 1. The van der Waals surface area contributed by atoms with Gasteiger partial charge in [0, 0.05) is 11.1 Å². The van der Waals surface area contributed by atoms with Gasteiger partial charge in [0.2, 0.25) is 5.12 Å². The molecule has 0 bridgehead atoms. The van der Waals surface area contributed by atoms with E-state index in [2.05, 4.69) is 12.6 Å². The lowest BCUT2D eigenvalue weighted by Gasteiger charge is -1.98. The summed E-state index contributed by atoms with van der Waals surface area (Å²) in [4.78, 5) is 10.7. The summed E-state index contributed by atoms with van der Waals surface area (Å²) >= 11 is 14.2. The number of aryl methyl sites for hydroxylation is 2. The van der Waals surface area contributed by atoms with Crippen molar-refractivity contribution >= 4 is 45.9 Å². The first-order chi connectivity index (χ1) is 9.43. The smallest absolute Gasteiger partial charge is 0.216 e. The summed E-state index contributed by atoms with van der Waals surface area (Å²) in [6.45, 7) is 3.88. The van der Waals surface area contributed by atoms with Crippen LogP contribution in [0.25, 0.3) is 0 Å². The normalized spacial score (nSPS) is 9.40. The Morgan fingerprint density at radius 3 is 1.60 bits per heavy atom. The first-order valence-corrected chi connectivity index (χ1v) is 7.21. The van der Waals surface area contributed by atoms with Crippen LogP contribution in [0.15, 0.2) is 48.5 Å². The molecule has 0 radical (unpaired) electrons. The number of halogens is 1. The van der Waals surface area contributed by atoms with Crippen molar-refractivity contribution in [2.45, 2.75) is 13.8 Å². The first kappa shape index (κ1) is 16.9. The molecule has 0 atom stereocenters. The highest BCUT2D eigenvalue weighted by atomic mass is 35.5. The van der Waals surface area contributed by atoms with E-state index < -0.39 is 0 Å². The van der Waals surface area contributed by atoms with E-state index >= 15 is 0 Å². The van der Waals surface area contributed by atoms with E-state index in [9.17, 15) is 4.79 Å². The maximum atomic E-state index is 10.7. The zero-order valence-corrected chi connectivity index (χ0v) is 13.7. The Balaban J connectivity index is 0.000000200. The first-order valence-electron chi connectivity index (χ1n) is 5.98. The minimum absolute atomic E-state index is 0.168. The molecule has 2 aromatic carbocycles. The highest BCUT2D eigenvalue weighted by molar-refractivity contribution is 7.97. The highest BCUT2D eigenvalue weighted by Crippen LogP contribution is 2.10. The molecule has 0 saturated heterocycles. The van der Waals surface area contributed by atoms with Crippen molar-refractivity contribution in [1.82, 2.24) is 0 Å². The molecule has 0 aliphatic rings. The number of hydrogen-bond acceptors (Lipinski definition) is 2. The molecular formula is C16H15ClOS2. The van der Waals surface area contributed by atoms with Crippen molar-refractivity contribution in [2.75, 3.05) is 0 Å². The van der Waals surface area contributed by atoms with Crippen molar-refractivity contribution in [2.24, 2.45) is 0 Å². The molecule has 0 unspecified atom stereocenters. The molecule has 0 amide bonds. The summed E-state index contributed by atoms with van der Waals surface area (Å²) in [6, 6.07) is 15.2. The second-order valence-electron chi connectivity index (χ2n) is 4.21. The molecule has 0 spiro atoms. The second kappa shape index (κ2) is 8.20. The van der Waals surface area contributed by atoms with Crippen LogP contribution in [0, 0.1) is 13.8 Å². The van der Waals surface area contributed by atoms with Gasteiger partial charge in [0.05, 0.1) is 0 Å². The fourth-order valence-corrected chi connectivity index (χ4v) is 2.30. The molecule has 2 rings (SSSR count). The maximum absolute atomic E-state index is 10.7. The van der Waals surface area contributed by atoms with Crippen LogP contribution in [-0.2, 0) is 0 Å². The van der Waals surface area contributed by atoms with Crippen molar-refractivity contribution < 1.29 is 4.79 Å². The predicted molar refractivity (Wildman–Crippen MR) is 93.2 cm³/mol. The topological polar surface area (TPSA) is 17.1 Å². The SMILES string of the molecule is Cc1ccccc1C(=O)S.Cc1ccccc1C(=S)Cl. The number of benzene rings is 2. The molecule has 20 heavy (non-hydrogen) atoms. The van der Waals surface area contributed by atoms with Crippen molar-refractivity contribution in [3.63, 3.8) is 0 Å². The molecule has 0 saturated carbocycles. The van der Waals surface area contributed by atoms with E-state index in [1.807, 2.05) is 56.3 Å². The molecule has 104 valence electrons. The number of thiocarbonyl (C=S) groups is 1. The number of thiol groups is 1. The van der Waals surface area contributed by atoms with Crippen molar-refractivity contribution in [1.29, 1.82) is 0 Å². The van der Waals surface area contributed by atoms with Gasteiger partial charge in [-0.25, -0.2) is 0 Å². The Labute approximate surface area is 135 Å². The minimum Gasteiger partial charge on any atom is -0.282 e. The third-order valence-corrected chi connectivity index (χ3v) is 3.40. The number of carbonyl (C=O) groups excluding carboxylic acids is 1. The molecule has 0 aliphatic carbocycles. The summed E-state index contributed by atoms with van der Waals surface area (Å²) in [5.41, 5.74) is 3.75. The predicted octanol–water partition coefficient (Wildman–Crippen LogP) is 4.97. The molecule has 0 fully saturated rings. The molecule has 0 aliphatic heterocycles. The van der Waals surface area contributed by atoms with Gasteiger partial charge in [0.25, 0.3) is 0 Å². The van der Waals surface area contributed by atoms with Gasteiger partial charge < -0.3 is 0 Å². The zero-order valence-electron chi connectivity index (χ0n) is 11.3.